The first-order valence-corrected chi connectivity index (χ1v) is 15.9. The number of hydrogen-bond acceptors (Lipinski definition) is 6. The normalized spacial score (nSPS) is 22.9. The molecule has 2 heterocycles. The largest absolute Gasteiger partial charge is 0.444 e. The van der Waals surface area contributed by atoms with Crippen molar-refractivity contribution >= 4 is 6.09 Å². The summed E-state index contributed by atoms with van der Waals surface area (Å²) >= 11 is 0. The molecule has 0 radical (unpaired) electrons. The molecule has 7 heteroatoms. The molecule has 220 valence electrons. The van der Waals surface area contributed by atoms with E-state index in [9.17, 15) is 4.79 Å². The maximum absolute atomic E-state index is 12.0. The average Bonchev–Trinajstić information content (AvgIpc) is 2.92. The number of nitrogens with zero attached hydrogens (tertiary/aromatic N) is 3. The quantitative estimate of drug-likeness (QED) is 0.408. The average molecular weight is 534 g/mol. The molecular formula is C31H59N5O2. The molecule has 0 atom stereocenters. The van der Waals surface area contributed by atoms with Gasteiger partial charge in [-0.25, -0.2) is 4.79 Å². The van der Waals surface area contributed by atoms with E-state index in [-0.39, 0.29) is 6.09 Å². The maximum atomic E-state index is 12.0. The third kappa shape index (κ3) is 13.1. The van der Waals surface area contributed by atoms with E-state index in [1.165, 1.54) is 77.0 Å². The first-order chi connectivity index (χ1) is 18.3. The Kier molecular flexibility index (Phi) is 15.6. The van der Waals surface area contributed by atoms with Crippen molar-refractivity contribution in [3.05, 3.63) is 0 Å². The van der Waals surface area contributed by atoms with Gasteiger partial charge in [-0.1, -0.05) is 52.4 Å². The molecule has 4 rings (SSSR count). The summed E-state index contributed by atoms with van der Waals surface area (Å²) < 4.78 is 5.43. The Morgan fingerprint density at radius 1 is 0.737 bits per heavy atom. The molecule has 4 aliphatic rings. The van der Waals surface area contributed by atoms with Crippen molar-refractivity contribution in [2.45, 2.75) is 154 Å². The Hall–Kier alpha value is -1.36. The van der Waals surface area contributed by atoms with Gasteiger partial charge in [-0.05, 0) is 72.1 Å². The molecular weight excluding hydrogens is 474 g/mol. The first-order valence-electron chi connectivity index (χ1n) is 15.9. The van der Waals surface area contributed by atoms with Crippen LogP contribution in [0.5, 0.6) is 0 Å². The second-order valence-electron chi connectivity index (χ2n) is 12.5. The number of nitrogens with one attached hydrogen (secondary N) is 2. The number of likely N-dealkylation sites (tertiary alicyclic amines) is 2. The molecule has 2 aliphatic carbocycles. The molecule has 38 heavy (non-hydrogen) atoms. The molecule has 1 amide bonds. The van der Waals surface area contributed by atoms with E-state index in [1.807, 2.05) is 39.5 Å². The molecule has 7 nitrogen and oxygen atoms in total. The van der Waals surface area contributed by atoms with Crippen LogP contribution in [0.25, 0.3) is 0 Å². The van der Waals surface area contributed by atoms with Gasteiger partial charge in [0.25, 0.3) is 0 Å². The molecule has 0 spiro atoms. The Morgan fingerprint density at radius 3 is 1.53 bits per heavy atom. The van der Waals surface area contributed by atoms with Crippen molar-refractivity contribution in [2.75, 3.05) is 32.7 Å². The number of nitriles is 1. The van der Waals surface area contributed by atoms with Crippen LogP contribution in [0, 0.1) is 11.3 Å². The highest BCUT2D eigenvalue weighted by atomic mass is 16.6. The Labute approximate surface area is 234 Å². The van der Waals surface area contributed by atoms with Crippen molar-refractivity contribution in [1.29, 1.82) is 5.26 Å². The van der Waals surface area contributed by atoms with E-state index in [0.717, 1.165) is 45.1 Å². The monoisotopic (exact) mass is 533 g/mol. The Morgan fingerprint density at radius 2 is 1.13 bits per heavy atom. The van der Waals surface area contributed by atoms with Crippen molar-refractivity contribution in [1.82, 2.24) is 20.4 Å². The van der Waals surface area contributed by atoms with E-state index in [1.54, 1.807) is 0 Å². The molecule has 0 unspecified atom stereocenters. The number of rotatable bonds is 5. The van der Waals surface area contributed by atoms with Crippen LogP contribution in [0.15, 0.2) is 0 Å². The molecule has 2 saturated heterocycles. The predicted octanol–water partition coefficient (Wildman–Crippen LogP) is 6.23. The van der Waals surface area contributed by atoms with Gasteiger partial charge in [-0.3, -0.25) is 4.90 Å². The van der Waals surface area contributed by atoms with Crippen molar-refractivity contribution in [3.8, 4) is 6.07 Å². The lowest BCUT2D eigenvalue weighted by molar-refractivity contribution is 0.0194. The minimum Gasteiger partial charge on any atom is -0.444 e. The summed E-state index contributed by atoms with van der Waals surface area (Å²) in [6.45, 7) is 14.2. The maximum Gasteiger partial charge on any atom is 0.410 e. The molecule has 4 fully saturated rings. The lowest BCUT2D eigenvalue weighted by atomic mass is 9.93. The van der Waals surface area contributed by atoms with Crippen LogP contribution in [-0.4, -0.2) is 78.4 Å². The van der Waals surface area contributed by atoms with Gasteiger partial charge in [0.2, 0.25) is 0 Å². The van der Waals surface area contributed by atoms with Gasteiger partial charge < -0.3 is 20.3 Å². The summed E-state index contributed by atoms with van der Waals surface area (Å²) in [5, 5.41) is 16.2. The highest BCUT2D eigenvalue weighted by molar-refractivity contribution is 5.68. The molecule has 0 aromatic heterocycles. The Balaban J connectivity index is 0.000000256. The number of ether oxygens (including phenoxy) is 1. The van der Waals surface area contributed by atoms with E-state index < -0.39 is 5.60 Å². The zero-order valence-electron chi connectivity index (χ0n) is 25.4. The van der Waals surface area contributed by atoms with E-state index >= 15 is 0 Å². The van der Waals surface area contributed by atoms with Crippen molar-refractivity contribution in [2.24, 2.45) is 0 Å². The minimum absolute atomic E-state index is 0.159. The third-order valence-corrected chi connectivity index (χ3v) is 8.18. The van der Waals surface area contributed by atoms with Gasteiger partial charge >= 0.3 is 6.09 Å². The third-order valence-electron chi connectivity index (χ3n) is 8.18. The van der Waals surface area contributed by atoms with Gasteiger partial charge in [0, 0.05) is 50.3 Å². The van der Waals surface area contributed by atoms with E-state index in [0.29, 0.717) is 24.7 Å². The van der Waals surface area contributed by atoms with Crippen molar-refractivity contribution in [3.63, 3.8) is 0 Å². The molecule has 0 aromatic rings. The molecule has 0 bridgehead atoms. The van der Waals surface area contributed by atoms with Crippen LogP contribution in [-0.2, 0) is 4.74 Å². The summed E-state index contributed by atoms with van der Waals surface area (Å²) in [6, 6.07) is 5.02. The number of carbonyl (C=O) groups excluding carboxylic acids is 1. The lowest BCUT2D eigenvalue weighted by Gasteiger charge is -2.36. The fourth-order valence-electron chi connectivity index (χ4n) is 6.12. The van der Waals surface area contributed by atoms with E-state index in [4.69, 9.17) is 10.00 Å². The van der Waals surface area contributed by atoms with E-state index in [2.05, 4.69) is 21.6 Å². The number of hydrogen-bond donors (Lipinski definition) is 2. The topological polar surface area (TPSA) is 80.6 Å². The second-order valence-corrected chi connectivity index (χ2v) is 12.5. The molecule has 2 aliphatic heterocycles. The molecule has 2 N–H and O–H groups in total. The van der Waals surface area contributed by atoms with Gasteiger partial charge in [0.1, 0.15) is 5.60 Å². The van der Waals surface area contributed by atoms with Crippen LogP contribution in [0.2, 0.25) is 0 Å². The molecule has 2 saturated carbocycles. The van der Waals surface area contributed by atoms with Gasteiger partial charge in [-0.2, -0.15) is 5.26 Å². The number of carbonyl (C=O) groups is 1. The summed E-state index contributed by atoms with van der Waals surface area (Å²) in [5.41, 5.74) is -0.395. The zero-order valence-corrected chi connectivity index (χ0v) is 25.4. The highest BCUT2D eigenvalue weighted by Gasteiger charge is 2.28. The number of piperidine rings is 2. The van der Waals surface area contributed by atoms with Crippen LogP contribution >= 0.6 is 0 Å². The van der Waals surface area contributed by atoms with Crippen LogP contribution in [0.3, 0.4) is 0 Å². The SMILES string of the molecule is CC.CC(C)(C)OC(=O)N1CCC(NC2CCCCC2)CC1.N#CCN1CCC(NC2CCCCC2)CC1. The Bertz CT molecular complexity index is 661. The fraction of sp³-hybridized carbons (Fsp3) is 0.935. The van der Waals surface area contributed by atoms with Crippen LogP contribution in [0.1, 0.15) is 125 Å². The lowest BCUT2D eigenvalue weighted by Crippen LogP contribution is -2.49. The zero-order chi connectivity index (χ0) is 27.8. The van der Waals surface area contributed by atoms with Gasteiger partial charge in [0.05, 0.1) is 12.6 Å². The minimum atomic E-state index is -0.395. The smallest absolute Gasteiger partial charge is 0.410 e. The van der Waals surface area contributed by atoms with Crippen LogP contribution in [0.4, 0.5) is 4.79 Å². The standard InChI is InChI=1S/C16H30N2O2.C13H23N3.C2H6/c1-16(2,3)20-15(19)18-11-9-14(10-12-18)17-13-7-5-4-6-8-13;14-8-11-16-9-6-13(7-10-16)15-12-4-2-1-3-5-12;1-2/h13-14,17H,4-12H2,1-3H3;12-13,15H,1-7,9-11H2;1-2H3. The fourth-order valence-corrected chi connectivity index (χ4v) is 6.12. The summed E-state index contributed by atoms with van der Waals surface area (Å²) in [5.74, 6) is 0. The molecule has 0 aromatic carbocycles. The van der Waals surface area contributed by atoms with Crippen molar-refractivity contribution < 1.29 is 9.53 Å². The highest BCUT2D eigenvalue weighted by Crippen LogP contribution is 2.22. The first kappa shape index (κ1) is 32.8. The predicted molar refractivity (Wildman–Crippen MR) is 157 cm³/mol. The summed E-state index contributed by atoms with van der Waals surface area (Å²) in [6.07, 6.45) is 18.2. The second kappa shape index (κ2) is 18.1. The summed E-state index contributed by atoms with van der Waals surface area (Å²) in [7, 11) is 0. The number of amides is 1. The summed E-state index contributed by atoms with van der Waals surface area (Å²) in [4.78, 5) is 16.1. The van der Waals surface area contributed by atoms with Crippen LogP contribution < -0.4 is 10.6 Å². The van der Waals surface area contributed by atoms with Gasteiger partial charge in [0.15, 0.2) is 0 Å². The van der Waals surface area contributed by atoms with Gasteiger partial charge in [-0.15, -0.1) is 0 Å².